The SMILES string of the molecule is O=S(=O)(O)c1ccc2cccc(N=Nc3c(O)ccc4ccccc34)c2c1.[Na+]. The molecule has 0 aromatic heterocycles. The quantitative estimate of drug-likeness (QED) is 0.313. The van der Waals surface area contributed by atoms with Gasteiger partial charge in [-0.3, -0.25) is 4.55 Å². The summed E-state index contributed by atoms with van der Waals surface area (Å²) < 4.78 is 32.1. The molecule has 0 aliphatic heterocycles. The van der Waals surface area contributed by atoms with Crippen molar-refractivity contribution in [1.29, 1.82) is 0 Å². The van der Waals surface area contributed by atoms with Crippen LogP contribution in [-0.4, -0.2) is 18.1 Å². The van der Waals surface area contributed by atoms with Gasteiger partial charge in [0.2, 0.25) is 0 Å². The summed E-state index contributed by atoms with van der Waals surface area (Å²) in [6, 6.07) is 20.3. The van der Waals surface area contributed by atoms with Crippen molar-refractivity contribution in [2.45, 2.75) is 4.90 Å². The molecule has 28 heavy (non-hydrogen) atoms. The van der Waals surface area contributed by atoms with Crippen LogP contribution in [0.15, 0.2) is 87.9 Å². The van der Waals surface area contributed by atoms with Crippen molar-refractivity contribution in [1.82, 2.24) is 0 Å². The van der Waals surface area contributed by atoms with E-state index >= 15 is 0 Å². The number of fused-ring (bicyclic) bond motifs is 2. The molecule has 0 spiro atoms. The van der Waals surface area contributed by atoms with Gasteiger partial charge in [0.1, 0.15) is 11.4 Å². The van der Waals surface area contributed by atoms with Gasteiger partial charge < -0.3 is 5.11 Å². The third kappa shape index (κ3) is 3.94. The van der Waals surface area contributed by atoms with Crippen LogP contribution in [0.2, 0.25) is 0 Å². The van der Waals surface area contributed by atoms with E-state index in [0.717, 1.165) is 16.2 Å². The Hall–Kier alpha value is -2.29. The Kier molecular flexibility index (Phi) is 5.83. The van der Waals surface area contributed by atoms with Gasteiger partial charge in [-0.05, 0) is 35.0 Å². The average molecular weight is 401 g/mol. The summed E-state index contributed by atoms with van der Waals surface area (Å²) in [5, 5.41) is 21.6. The minimum atomic E-state index is -4.33. The maximum Gasteiger partial charge on any atom is 1.00 e. The van der Waals surface area contributed by atoms with E-state index in [1.165, 1.54) is 12.1 Å². The fourth-order valence-corrected chi connectivity index (χ4v) is 3.44. The Morgan fingerprint density at radius 2 is 1.43 bits per heavy atom. The van der Waals surface area contributed by atoms with Crippen LogP contribution in [0.25, 0.3) is 21.5 Å². The smallest absolute Gasteiger partial charge is 0.506 e. The molecule has 0 aliphatic carbocycles. The first kappa shape index (κ1) is 20.4. The number of aromatic hydroxyl groups is 1. The summed E-state index contributed by atoms with van der Waals surface area (Å²) in [5.74, 6) is -0.00342. The molecule has 0 atom stereocenters. The topological polar surface area (TPSA) is 99.3 Å². The van der Waals surface area contributed by atoms with Gasteiger partial charge in [0.25, 0.3) is 10.1 Å². The first-order valence-electron chi connectivity index (χ1n) is 8.06. The van der Waals surface area contributed by atoms with E-state index in [2.05, 4.69) is 10.2 Å². The summed E-state index contributed by atoms with van der Waals surface area (Å²) in [6.45, 7) is 0. The molecule has 4 aromatic carbocycles. The zero-order chi connectivity index (χ0) is 19.0. The van der Waals surface area contributed by atoms with E-state index in [0.29, 0.717) is 16.8 Å². The van der Waals surface area contributed by atoms with Crippen LogP contribution in [0.5, 0.6) is 5.75 Å². The molecule has 0 heterocycles. The van der Waals surface area contributed by atoms with Gasteiger partial charge in [-0.2, -0.15) is 8.42 Å². The van der Waals surface area contributed by atoms with Gasteiger partial charge in [0.05, 0.1) is 10.6 Å². The molecule has 0 unspecified atom stereocenters. The number of hydrogen-bond donors (Lipinski definition) is 2. The molecule has 0 amide bonds. The first-order valence-corrected chi connectivity index (χ1v) is 9.50. The Labute approximate surface area is 183 Å². The number of benzene rings is 4. The van der Waals surface area contributed by atoms with E-state index in [1.807, 2.05) is 24.3 Å². The summed E-state index contributed by atoms with van der Waals surface area (Å²) >= 11 is 0. The third-order valence-electron chi connectivity index (χ3n) is 4.27. The zero-order valence-corrected chi connectivity index (χ0v) is 17.8. The number of phenols is 1. The fourth-order valence-electron chi connectivity index (χ4n) is 2.94. The number of azo groups is 1. The van der Waals surface area contributed by atoms with Crippen LogP contribution in [0, 0.1) is 0 Å². The molecular formula is C20H14N2NaO4S+. The van der Waals surface area contributed by atoms with Crippen molar-refractivity contribution >= 4 is 43.0 Å². The maximum atomic E-state index is 11.4. The van der Waals surface area contributed by atoms with Gasteiger partial charge in [-0.25, -0.2) is 0 Å². The predicted octanol–water partition coefficient (Wildman–Crippen LogP) is 2.36. The fraction of sp³-hybridized carbons (Fsp3) is 0. The summed E-state index contributed by atoms with van der Waals surface area (Å²) in [6.07, 6.45) is 0. The molecule has 0 radical (unpaired) electrons. The Morgan fingerprint density at radius 1 is 0.750 bits per heavy atom. The molecule has 8 heteroatoms. The number of hydrogen-bond acceptors (Lipinski definition) is 5. The molecule has 0 bridgehead atoms. The van der Waals surface area contributed by atoms with Crippen molar-refractivity contribution in [3.05, 3.63) is 72.8 Å². The van der Waals surface area contributed by atoms with E-state index in [-0.39, 0.29) is 40.2 Å². The van der Waals surface area contributed by atoms with Crippen LogP contribution in [0.3, 0.4) is 0 Å². The van der Waals surface area contributed by atoms with E-state index in [1.54, 1.807) is 36.4 Å². The van der Waals surface area contributed by atoms with Crippen molar-refractivity contribution in [2.24, 2.45) is 10.2 Å². The molecule has 2 N–H and O–H groups in total. The molecule has 134 valence electrons. The molecular weight excluding hydrogens is 387 g/mol. The molecule has 0 fully saturated rings. The second kappa shape index (κ2) is 7.98. The largest absolute Gasteiger partial charge is 1.00 e. The standard InChI is InChI=1S/C20H14N2O4S.Na/c23-19-11-9-13-4-1-2-6-16(13)20(19)22-21-18-7-3-5-14-8-10-15(12-17(14)18)27(24,25)26;/h1-12,23H,(H,24,25,26);/q;+1. The van der Waals surface area contributed by atoms with Crippen LogP contribution in [0.4, 0.5) is 11.4 Å². The van der Waals surface area contributed by atoms with Crippen molar-refractivity contribution in [3.63, 3.8) is 0 Å². The van der Waals surface area contributed by atoms with Gasteiger partial charge in [0.15, 0.2) is 0 Å². The molecule has 0 saturated heterocycles. The molecule has 4 aromatic rings. The normalized spacial score (nSPS) is 11.8. The van der Waals surface area contributed by atoms with Crippen LogP contribution >= 0.6 is 0 Å². The summed E-state index contributed by atoms with van der Waals surface area (Å²) in [7, 11) is -4.33. The summed E-state index contributed by atoms with van der Waals surface area (Å²) in [5.41, 5.74) is 0.751. The Bertz CT molecular complexity index is 1320. The number of nitrogens with zero attached hydrogens (tertiary/aromatic N) is 2. The Morgan fingerprint density at radius 3 is 2.21 bits per heavy atom. The molecule has 4 rings (SSSR count). The van der Waals surface area contributed by atoms with Crippen LogP contribution in [-0.2, 0) is 10.1 Å². The second-order valence-corrected chi connectivity index (χ2v) is 7.41. The van der Waals surface area contributed by atoms with Crippen molar-refractivity contribution in [2.75, 3.05) is 0 Å². The first-order chi connectivity index (χ1) is 12.9. The molecule has 0 saturated carbocycles. The predicted molar refractivity (Wildman–Crippen MR) is 104 cm³/mol. The second-order valence-electron chi connectivity index (χ2n) is 5.99. The van der Waals surface area contributed by atoms with Gasteiger partial charge in [0, 0.05) is 10.8 Å². The molecule has 0 aliphatic rings. The van der Waals surface area contributed by atoms with E-state index < -0.39 is 10.1 Å². The van der Waals surface area contributed by atoms with E-state index in [4.69, 9.17) is 0 Å². The third-order valence-corrected chi connectivity index (χ3v) is 5.12. The average Bonchev–Trinajstić information content (AvgIpc) is 2.66. The van der Waals surface area contributed by atoms with Crippen molar-refractivity contribution in [3.8, 4) is 5.75 Å². The minimum Gasteiger partial charge on any atom is -0.506 e. The van der Waals surface area contributed by atoms with Crippen molar-refractivity contribution < 1.29 is 47.6 Å². The van der Waals surface area contributed by atoms with Gasteiger partial charge >= 0.3 is 29.6 Å². The van der Waals surface area contributed by atoms with Crippen LogP contribution < -0.4 is 29.6 Å². The van der Waals surface area contributed by atoms with E-state index in [9.17, 15) is 18.1 Å². The minimum absolute atomic E-state index is 0. The summed E-state index contributed by atoms with van der Waals surface area (Å²) in [4.78, 5) is -0.217. The monoisotopic (exact) mass is 401 g/mol. The maximum absolute atomic E-state index is 11.4. The molecule has 6 nitrogen and oxygen atoms in total. The van der Waals surface area contributed by atoms with Gasteiger partial charge in [-0.15, -0.1) is 10.2 Å². The number of phenolic OH excluding ortho intramolecular Hbond substituents is 1. The zero-order valence-electron chi connectivity index (χ0n) is 14.9. The number of rotatable bonds is 3. The van der Waals surface area contributed by atoms with Gasteiger partial charge in [-0.1, -0.05) is 48.5 Å². The van der Waals surface area contributed by atoms with Crippen LogP contribution in [0.1, 0.15) is 0 Å². The Balaban J connectivity index is 0.00000225.